The standard InChI is InChI=1S/C27H51O7PSi/c1-11-32-35(30,33-12-2)20-27(29)31-18-17-24(9)13-15-26(16-14-25(10)19-28)34-36(21(3)4,22(5)6)23(7)8/h13,15,17,19,21-23,25-26H,11-12,14,16,18,20H2,1-10H3/b15-13+,24-17-/t25-,26+/m0/s1. The Hall–Kier alpha value is -1.05. The Balaban J connectivity index is 5.43. The molecule has 0 aliphatic carbocycles. The summed E-state index contributed by atoms with van der Waals surface area (Å²) in [6.07, 6.45) is 7.86. The van der Waals surface area contributed by atoms with Crippen LogP contribution in [-0.4, -0.2) is 52.7 Å². The zero-order valence-electron chi connectivity index (χ0n) is 24.2. The summed E-state index contributed by atoms with van der Waals surface area (Å²) in [7, 11) is -5.58. The first-order valence-corrected chi connectivity index (χ1v) is 17.2. The largest absolute Gasteiger partial charge is 0.461 e. The Morgan fingerprint density at radius 2 is 1.44 bits per heavy atom. The summed E-state index contributed by atoms with van der Waals surface area (Å²) in [6.45, 7) is 21.3. The molecule has 0 bridgehead atoms. The van der Waals surface area contributed by atoms with E-state index in [1.54, 1.807) is 19.9 Å². The monoisotopic (exact) mass is 546 g/mol. The Morgan fingerprint density at radius 1 is 0.917 bits per heavy atom. The molecule has 0 fully saturated rings. The van der Waals surface area contributed by atoms with Crippen molar-refractivity contribution in [1.82, 2.24) is 0 Å². The fourth-order valence-electron chi connectivity index (χ4n) is 4.68. The molecule has 0 heterocycles. The predicted molar refractivity (Wildman–Crippen MR) is 150 cm³/mol. The molecule has 9 heteroatoms. The third kappa shape index (κ3) is 12.0. The number of esters is 1. The minimum absolute atomic E-state index is 0.0156. The van der Waals surface area contributed by atoms with Gasteiger partial charge in [0.25, 0.3) is 0 Å². The number of aldehydes is 1. The summed E-state index contributed by atoms with van der Waals surface area (Å²) in [5.41, 5.74) is 2.29. The van der Waals surface area contributed by atoms with E-state index in [2.05, 4.69) is 47.6 Å². The van der Waals surface area contributed by atoms with Gasteiger partial charge >= 0.3 is 13.6 Å². The molecule has 0 aliphatic heterocycles. The van der Waals surface area contributed by atoms with Crippen molar-refractivity contribution in [2.24, 2.45) is 5.92 Å². The van der Waals surface area contributed by atoms with Crippen molar-refractivity contribution in [3.05, 3.63) is 23.8 Å². The molecule has 7 nitrogen and oxygen atoms in total. The lowest BCUT2D eigenvalue weighted by molar-refractivity contribution is -0.139. The van der Waals surface area contributed by atoms with E-state index in [-0.39, 0.29) is 31.8 Å². The molecule has 0 spiro atoms. The van der Waals surface area contributed by atoms with Gasteiger partial charge in [0.2, 0.25) is 8.32 Å². The van der Waals surface area contributed by atoms with E-state index in [9.17, 15) is 14.2 Å². The van der Waals surface area contributed by atoms with Crippen molar-refractivity contribution in [3.63, 3.8) is 0 Å². The molecule has 0 N–H and O–H groups in total. The summed E-state index contributed by atoms with van der Waals surface area (Å²) in [6, 6.07) is 0. The van der Waals surface area contributed by atoms with Gasteiger partial charge in [-0.2, -0.15) is 0 Å². The highest BCUT2D eigenvalue weighted by Gasteiger charge is 2.46. The Morgan fingerprint density at radius 3 is 1.89 bits per heavy atom. The maximum atomic E-state index is 12.5. The lowest BCUT2D eigenvalue weighted by Gasteiger charge is -2.44. The van der Waals surface area contributed by atoms with Crippen molar-refractivity contribution >= 4 is 28.2 Å². The SMILES string of the molecule is CCOP(=O)(CC(=O)OC/C=C(C)\C=C\[C@H](CC[C@H](C)C=O)O[Si](C(C)C)(C(C)C)C(C)C)OCC. The van der Waals surface area contributed by atoms with Crippen LogP contribution in [0.1, 0.15) is 82.1 Å². The second-order valence-electron chi connectivity index (χ2n) is 10.3. The Kier molecular flexibility index (Phi) is 16.9. The van der Waals surface area contributed by atoms with Gasteiger partial charge in [-0.05, 0) is 56.3 Å². The molecule has 2 atom stereocenters. The van der Waals surface area contributed by atoms with Crippen LogP contribution in [0, 0.1) is 5.92 Å². The topological polar surface area (TPSA) is 88.1 Å². The van der Waals surface area contributed by atoms with Crippen molar-refractivity contribution < 1.29 is 32.4 Å². The van der Waals surface area contributed by atoms with Gasteiger partial charge in [0.15, 0.2) is 0 Å². The molecule has 0 rings (SSSR count). The molecular weight excluding hydrogens is 495 g/mol. The number of hydrogen-bond donors (Lipinski definition) is 0. The molecular formula is C27H51O7PSi. The van der Waals surface area contributed by atoms with Gasteiger partial charge in [-0.15, -0.1) is 0 Å². The number of carbonyl (C=O) groups is 2. The molecule has 0 aromatic rings. The van der Waals surface area contributed by atoms with E-state index in [1.165, 1.54) is 0 Å². The normalized spacial score (nSPS) is 15.2. The summed E-state index contributed by atoms with van der Waals surface area (Å²) in [4.78, 5) is 23.3. The molecule has 0 aromatic carbocycles. The number of hydrogen-bond acceptors (Lipinski definition) is 7. The smallest absolute Gasteiger partial charge is 0.341 e. The lowest BCUT2D eigenvalue weighted by Crippen LogP contribution is -2.50. The molecule has 36 heavy (non-hydrogen) atoms. The van der Waals surface area contributed by atoms with E-state index in [0.29, 0.717) is 16.6 Å². The zero-order valence-corrected chi connectivity index (χ0v) is 26.1. The quantitative estimate of drug-likeness (QED) is 0.0546. The van der Waals surface area contributed by atoms with Gasteiger partial charge in [0.05, 0.1) is 19.3 Å². The molecule has 0 saturated heterocycles. The number of rotatable bonds is 19. The highest BCUT2D eigenvalue weighted by atomic mass is 31.2. The molecule has 0 aliphatic rings. The van der Waals surface area contributed by atoms with Gasteiger partial charge in [-0.3, -0.25) is 9.36 Å². The van der Waals surface area contributed by atoms with Crippen LogP contribution >= 0.6 is 7.60 Å². The van der Waals surface area contributed by atoms with Crippen molar-refractivity contribution in [1.29, 1.82) is 0 Å². The molecule has 0 radical (unpaired) electrons. The second-order valence-corrected chi connectivity index (χ2v) is 17.7. The molecule has 0 amide bonds. The first-order valence-electron chi connectivity index (χ1n) is 13.3. The Bertz CT molecular complexity index is 729. The molecule has 210 valence electrons. The average Bonchev–Trinajstić information content (AvgIpc) is 2.77. The number of ether oxygens (including phenoxy) is 1. The van der Waals surface area contributed by atoms with E-state index in [4.69, 9.17) is 18.2 Å². The van der Waals surface area contributed by atoms with Gasteiger partial charge < -0.3 is 23.0 Å². The van der Waals surface area contributed by atoms with Crippen LogP contribution in [0.5, 0.6) is 0 Å². The number of carbonyl (C=O) groups excluding carboxylic acids is 2. The zero-order chi connectivity index (χ0) is 27.9. The summed E-state index contributed by atoms with van der Waals surface area (Å²) < 4.78 is 35.0. The summed E-state index contributed by atoms with van der Waals surface area (Å²) in [5, 5.41) is 0. The van der Waals surface area contributed by atoms with Gasteiger partial charge in [-0.25, -0.2) is 0 Å². The molecule has 0 unspecified atom stereocenters. The van der Waals surface area contributed by atoms with Crippen LogP contribution in [0.2, 0.25) is 16.6 Å². The minimum Gasteiger partial charge on any atom is -0.461 e. The Labute approximate surface area is 221 Å². The van der Waals surface area contributed by atoms with Crippen LogP contribution in [0.25, 0.3) is 0 Å². The second kappa shape index (κ2) is 17.5. The number of allylic oxidation sites excluding steroid dienone is 2. The van der Waals surface area contributed by atoms with Crippen LogP contribution in [0.3, 0.4) is 0 Å². The third-order valence-corrected chi connectivity index (χ3v) is 14.5. The van der Waals surface area contributed by atoms with Crippen LogP contribution in [-0.2, 0) is 32.4 Å². The van der Waals surface area contributed by atoms with Gasteiger partial charge in [0, 0.05) is 5.92 Å². The summed E-state index contributed by atoms with van der Waals surface area (Å²) in [5.74, 6) is -0.642. The van der Waals surface area contributed by atoms with E-state index < -0.39 is 28.0 Å². The first kappa shape index (κ1) is 34.9. The fraction of sp³-hybridized carbons (Fsp3) is 0.778. The first-order chi connectivity index (χ1) is 16.8. The molecule has 0 saturated carbocycles. The highest BCUT2D eigenvalue weighted by Crippen LogP contribution is 2.47. The van der Waals surface area contributed by atoms with E-state index in [1.807, 2.05) is 19.9 Å². The highest BCUT2D eigenvalue weighted by molar-refractivity contribution is 7.54. The maximum Gasteiger partial charge on any atom is 0.341 e. The van der Waals surface area contributed by atoms with Crippen molar-refractivity contribution in [3.8, 4) is 0 Å². The molecule has 0 aromatic heterocycles. The van der Waals surface area contributed by atoms with Gasteiger partial charge in [-0.1, -0.05) is 66.2 Å². The minimum atomic E-state index is -3.48. The van der Waals surface area contributed by atoms with Crippen LogP contribution < -0.4 is 0 Å². The van der Waals surface area contributed by atoms with Crippen LogP contribution in [0.4, 0.5) is 0 Å². The van der Waals surface area contributed by atoms with Gasteiger partial charge in [0.1, 0.15) is 19.1 Å². The van der Waals surface area contributed by atoms with Crippen molar-refractivity contribution in [2.45, 2.75) is 105 Å². The van der Waals surface area contributed by atoms with Crippen molar-refractivity contribution in [2.75, 3.05) is 26.0 Å². The summed E-state index contributed by atoms with van der Waals surface area (Å²) >= 11 is 0. The van der Waals surface area contributed by atoms with E-state index >= 15 is 0 Å². The third-order valence-electron chi connectivity index (χ3n) is 6.40. The van der Waals surface area contributed by atoms with Crippen LogP contribution in [0.15, 0.2) is 23.8 Å². The predicted octanol–water partition coefficient (Wildman–Crippen LogP) is 7.47. The maximum absolute atomic E-state index is 12.5. The average molecular weight is 547 g/mol. The van der Waals surface area contributed by atoms with E-state index in [0.717, 1.165) is 24.7 Å². The lowest BCUT2D eigenvalue weighted by atomic mass is 10.0. The fourth-order valence-corrected chi connectivity index (χ4v) is 11.7.